The van der Waals surface area contributed by atoms with E-state index in [2.05, 4.69) is 14.2 Å². The molecule has 0 radical (unpaired) electrons. The second-order valence-corrected chi connectivity index (χ2v) is 13.1. The zero-order valence-electron chi connectivity index (χ0n) is 23.2. The Balaban J connectivity index is 1.73. The Hall–Kier alpha value is -3.46. The second-order valence-electron chi connectivity index (χ2n) is 9.65. The van der Waals surface area contributed by atoms with Gasteiger partial charge in [-0.3, -0.25) is 0 Å². The van der Waals surface area contributed by atoms with E-state index in [1.54, 1.807) is 24.3 Å². The van der Waals surface area contributed by atoms with Gasteiger partial charge in [-0.15, -0.1) is 0 Å². The van der Waals surface area contributed by atoms with E-state index in [1.165, 1.54) is 24.3 Å². The minimum Gasteiger partial charge on any atom is -0.743 e. The molecule has 0 amide bonds. The van der Waals surface area contributed by atoms with E-state index in [0.29, 0.717) is 25.1 Å². The molecule has 0 saturated carbocycles. The smallest absolute Gasteiger partial charge is 0.432 e. The van der Waals surface area contributed by atoms with Crippen molar-refractivity contribution in [1.82, 2.24) is 0 Å². The van der Waals surface area contributed by atoms with E-state index < -0.39 is 81.0 Å². The van der Waals surface area contributed by atoms with Gasteiger partial charge in [-0.1, -0.05) is 12.1 Å². The van der Waals surface area contributed by atoms with Crippen molar-refractivity contribution in [1.29, 1.82) is 0 Å². The quantitative estimate of drug-likeness (QED) is 0.0668. The highest BCUT2D eigenvalue weighted by Gasteiger charge is 2.73. The molecule has 0 aliphatic carbocycles. The summed E-state index contributed by atoms with van der Waals surface area (Å²) in [5.74, 6) is -1.27. The molecule has 0 saturated heterocycles. The molecule has 2 atom stereocenters. The van der Waals surface area contributed by atoms with Crippen LogP contribution in [-0.2, 0) is 19.6 Å². The summed E-state index contributed by atoms with van der Waals surface area (Å²) in [6.07, 6.45) is -22.2. The summed E-state index contributed by atoms with van der Waals surface area (Å²) in [7, 11) is -7.06. The standard InChI is InChI=1S/C27H19F11O7S2/c1-42-14-44-23(26(33,34)35,27(36,37)38)13-43-16-8-11-21-19(12-16)18-4-2-3-5-20(18)46(21)17-9-6-15(7-10-17)45-22(24(28,29)30)25(31,32)47(39,40)41/h2-12,22H,13-14H2,1H3. The maximum atomic E-state index is 13.9. The lowest BCUT2D eigenvalue weighted by atomic mass is 10.0. The number of hydrogen-bond donors (Lipinski definition) is 0. The van der Waals surface area contributed by atoms with Crippen LogP contribution in [-0.4, -0.2) is 69.0 Å². The summed E-state index contributed by atoms with van der Waals surface area (Å²) in [6, 6.07) is 14.0. The molecule has 4 aromatic rings. The van der Waals surface area contributed by atoms with Crippen molar-refractivity contribution < 1.29 is 80.2 Å². The molecule has 4 rings (SSSR count). The van der Waals surface area contributed by atoms with Crippen molar-refractivity contribution in [3.05, 3.63) is 66.7 Å². The van der Waals surface area contributed by atoms with Crippen LogP contribution in [0.1, 0.15) is 0 Å². The highest BCUT2D eigenvalue weighted by molar-refractivity contribution is 7.86. The SMILES string of the molecule is COCOC(COc1ccc2c(c1)c1ccccc1[s+]2-c1ccc(OC(C(F)(F)F)C(F)(F)S(=O)(=O)[O-])cc1)(C(F)(F)F)C(F)(F)F. The number of halogens is 11. The molecule has 0 aliphatic rings. The van der Waals surface area contributed by atoms with Crippen LogP contribution in [0.3, 0.4) is 0 Å². The normalized spacial score (nSPS) is 14.9. The van der Waals surface area contributed by atoms with E-state index in [4.69, 9.17) is 4.74 Å². The fourth-order valence-electron chi connectivity index (χ4n) is 4.35. The maximum absolute atomic E-state index is 13.9. The van der Waals surface area contributed by atoms with Gasteiger partial charge in [0.2, 0.25) is 0 Å². The average Bonchev–Trinajstić information content (AvgIpc) is 3.27. The Morgan fingerprint density at radius 2 is 1.32 bits per heavy atom. The first-order valence-corrected chi connectivity index (χ1v) is 15.2. The zero-order chi connectivity index (χ0) is 35.2. The number of benzene rings is 3. The first-order valence-electron chi connectivity index (χ1n) is 12.6. The van der Waals surface area contributed by atoms with Crippen LogP contribution >= 0.6 is 10.5 Å². The molecule has 1 aromatic heterocycles. The number of alkyl halides is 11. The predicted octanol–water partition coefficient (Wildman–Crippen LogP) is 8.04. The Morgan fingerprint density at radius 3 is 1.85 bits per heavy atom. The number of hydrogen-bond acceptors (Lipinski definition) is 7. The second kappa shape index (κ2) is 12.5. The van der Waals surface area contributed by atoms with Crippen LogP contribution in [0.5, 0.6) is 11.5 Å². The highest BCUT2D eigenvalue weighted by atomic mass is 32.2. The zero-order valence-corrected chi connectivity index (χ0v) is 24.8. The maximum Gasteiger partial charge on any atom is 0.432 e. The topological polar surface area (TPSA) is 94.1 Å². The van der Waals surface area contributed by atoms with E-state index in [9.17, 15) is 61.3 Å². The van der Waals surface area contributed by atoms with Crippen molar-refractivity contribution in [2.45, 2.75) is 35.5 Å². The molecular formula is C27H19F11O7S2. The molecule has 0 fully saturated rings. The lowest BCUT2D eigenvalue weighted by Crippen LogP contribution is -2.62. The van der Waals surface area contributed by atoms with Gasteiger partial charge in [0, 0.05) is 41.2 Å². The van der Waals surface area contributed by atoms with Gasteiger partial charge in [-0.25, -0.2) is 8.42 Å². The van der Waals surface area contributed by atoms with Crippen molar-refractivity contribution >= 4 is 40.8 Å². The fraction of sp³-hybridized carbons (Fsp3) is 0.333. The average molecular weight is 729 g/mol. The molecule has 47 heavy (non-hydrogen) atoms. The van der Waals surface area contributed by atoms with Crippen LogP contribution in [0.2, 0.25) is 0 Å². The molecule has 0 spiro atoms. The summed E-state index contributed by atoms with van der Waals surface area (Å²) in [5.41, 5.74) is -4.74. The minimum atomic E-state index is -6.79. The molecule has 0 bridgehead atoms. The van der Waals surface area contributed by atoms with Gasteiger partial charge in [0.25, 0.3) is 11.7 Å². The summed E-state index contributed by atoms with van der Waals surface area (Å²) in [6.45, 7) is -3.38. The van der Waals surface area contributed by atoms with Gasteiger partial charge in [0.15, 0.2) is 24.4 Å². The molecule has 20 heteroatoms. The Morgan fingerprint density at radius 1 is 0.766 bits per heavy atom. The number of ether oxygens (including phenoxy) is 4. The Kier molecular flexibility index (Phi) is 9.70. The number of methoxy groups -OCH3 is 1. The van der Waals surface area contributed by atoms with Crippen LogP contribution < -0.4 is 9.47 Å². The van der Waals surface area contributed by atoms with E-state index >= 15 is 0 Å². The Labute approximate surface area is 260 Å². The van der Waals surface area contributed by atoms with Crippen LogP contribution in [0.4, 0.5) is 48.3 Å². The fourth-order valence-corrected chi connectivity index (χ4v) is 7.15. The molecule has 0 aliphatic heterocycles. The summed E-state index contributed by atoms with van der Waals surface area (Å²) in [5, 5.41) is -5.07. The van der Waals surface area contributed by atoms with Crippen LogP contribution in [0.25, 0.3) is 25.1 Å². The Bertz CT molecular complexity index is 1820. The first-order chi connectivity index (χ1) is 21.5. The molecular weight excluding hydrogens is 709 g/mol. The van der Waals surface area contributed by atoms with Gasteiger partial charge in [-0.05, 0) is 36.4 Å². The number of thiophene rings is 1. The van der Waals surface area contributed by atoms with Crippen LogP contribution in [0, 0.1) is 0 Å². The molecule has 2 unspecified atom stereocenters. The van der Waals surface area contributed by atoms with Crippen molar-refractivity contribution in [2.75, 3.05) is 20.5 Å². The van der Waals surface area contributed by atoms with Gasteiger partial charge in [-0.2, -0.15) is 48.3 Å². The van der Waals surface area contributed by atoms with E-state index in [-0.39, 0.29) is 0 Å². The third-order valence-electron chi connectivity index (χ3n) is 6.60. The first kappa shape index (κ1) is 36.4. The monoisotopic (exact) mass is 728 g/mol. The van der Waals surface area contributed by atoms with Gasteiger partial charge >= 0.3 is 23.8 Å². The van der Waals surface area contributed by atoms with E-state index in [0.717, 1.165) is 25.3 Å². The number of rotatable bonds is 11. The molecule has 0 N–H and O–H groups in total. The molecule has 1 heterocycles. The molecule has 258 valence electrons. The summed E-state index contributed by atoms with van der Waals surface area (Å²) >= 11 is 0. The highest BCUT2D eigenvalue weighted by Crippen LogP contribution is 2.50. The van der Waals surface area contributed by atoms with Gasteiger partial charge in [0.05, 0.1) is 5.39 Å². The van der Waals surface area contributed by atoms with E-state index in [1.807, 2.05) is 0 Å². The largest absolute Gasteiger partial charge is 0.743 e. The van der Waals surface area contributed by atoms with Crippen molar-refractivity contribution in [3.8, 4) is 16.4 Å². The van der Waals surface area contributed by atoms with Gasteiger partial charge in [0.1, 0.15) is 24.9 Å². The third kappa shape index (κ3) is 6.92. The molecule has 7 nitrogen and oxygen atoms in total. The lowest BCUT2D eigenvalue weighted by Gasteiger charge is -2.36. The van der Waals surface area contributed by atoms with Crippen molar-refractivity contribution in [3.63, 3.8) is 0 Å². The third-order valence-corrected chi connectivity index (χ3v) is 9.81. The summed E-state index contributed by atoms with van der Waals surface area (Å²) < 4.78 is 201. The minimum absolute atomic E-state index is 0.321. The van der Waals surface area contributed by atoms with Gasteiger partial charge < -0.3 is 23.5 Å². The summed E-state index contributed by atoms with van der Waals surface area (Å²) in [4.78, 5) is 0.338. The van der Waals surface area contributed by atoms with Crippen molar-refractivity contribution in [2.24, 2.45) is 0 Å². The lowest BCUT2D eigenvalue weighted by molar-refractivity contribution is -0.397. The van der Waals surface area contributed by atoms with Crippen LogP contribution in [0.15, 0.2) is 66.7 Å². The predicted molar refractivity (Wildman–Crippen MR) is 144 cm³/mol. The number of fused-ring (bicyclic) bond motifs is 3. The molecule has 3 aromatic carbocycles.